The number of methoxy groups -OCH3 is 2. The van der Waals surface area contributed by atoms with Crippen molar-refractivity contribution in [2.45, 2.75) is 46.1 Å². The molecule has 0 amide bonds. The van der Waals surface area contributed by atoms with Gasteiger partial charge in [-0.1, -0.05) is 26.0 Å². The number of hydrogen-bond donors (Lipinski definition) is 1. The van der Waals surface area contributed by atoms with Gasteiger partial charge in [0.25, 0.3) is 0 Å². The minimum atomic E-state index is -0.249. The van der Waals surface area contributed by atoms with E-state index in [9.17, 15) is 0 Å². The van der Waals surface area contributed by atoms with Crippen molar-refractivity contribution in [2.75, 3.05) is 20.8 Å². The van der Waals surface area contributed by atoms with Crippen LogP contribution in [0.15, 0.2) is 24.3 Å². The zero-order valence-corrected chi connectivity index (χ0v) is 14.1. The molecule has 1 aromatic rings. The minimum absolute atomic E-state index is 0.104. The lowest BCUT2D eigenvalue weighted by atomic mass is 10.1. The molecule has 1 N–H and O–H groups in total. The second-order valence-electron chi connectivity index (χ2n) is 5.79. The molecule has 21 heavy (non-hydrogen) atoms. The van der Waals surface area contributed by atoms with Crippen LogP contribution in [0, 0.1) is 5.92 Å². The Balaban J connectivity index is 2.56. The van der Waals surface area contributed by atoms with Gasteiger partial charge in [-0.15, -0.1) is 0 Å². The van der Waals surface area contributed by atoms with Crippen LogP contribution in [0.1, 0.15) is 39.3 Å². The Labute approximate surface area is 128 Å². The third-order valence-corrected chi connectivity index (χ3v) is 3.35. The Hall–Kier alpha value is -1.10. The summed E-state index contributed by atoms with van der Waals surface area (Å²) in [4.78, 5) is 0. The summed E-state index contributed by atoms with van der Waals surface area (Å²) in [5.41, 5.74) is 1.21. The van der Waals surface area contributed by atoms with E-state index in [0.717, 1.165) is 12.4 Å². The SMILES string of the molecule is COC(OC)C(C)NC(C)c1ccc(OCC(C)C)cc1. The van der Waals surface area contributed by atoms with Crippen molar-refractivity contribution in [3.63, 3.8) is 0 Å². The van der Waals surface area contributed by atoms with Crippen LogP contribution in [-0.4, -0.2) is 33.2 Å². The van der Waals surface area contributed by atoms with Gasteiger partial charge in [0, 0.05) is 20.3 Å². The van der Waals surface area contributed by atoms with Gasteiger partial charge in [0.1, 0.15) is 5.75 Å². The Morgan fingerprint density at radius 1 is 0.952 bits per heavy atom. The van der Waals surface area contributed by atoms with Gasteiger partial charge < -0.3 is 19.5 Å². The zero-order chi connectivity index (χ0) is 15.8. The number of nitrogens with one attached hydrogen (secondary N) is 1. The molecule has 120 valence electrons. The molecule has 0 aliphatic rings. The first-order chi connectivity index (χ1) is 9.97. The summed E-state index contributed by atoms with van der Waals surface area (Å²) < 4.78 is 16.2. The molecule has 1 rings (SSSR count). The lowest BCUT2D eigenvalue weighted by molar-refractivity contribution is -0.120. The Morgan fingerprint density at radius 3 is 2.00 bits per heavy atom. The van der Waals surface area contributed by atoms with Crippen LogP contribution in [0.25, 0.3) is 0 Å². The van der Waals surface area contributed by atoms with E-state index in [1.54, 1.807) is 14.2 Å². The molecular weight excluding hydrogens is 266 g/mol. The number of ether oxygens (including phenoxy) is 3. The Kier molecular flexibility index (Phi) is 7.72. The fourth-order valence-electron chi connectivity index (χ4n) is 2.19. The molecule has 1 aromatic carbocycles. The highest BCUT2D eigenvalue weighted by Gasteiger charge is 2.18. The fourth-order valence-corrected chi connectivity index (χ4v) is 2.19. The van der Waals surface area contributed by atoms with Crippen molar-refractivity contribution in [1.29, 1.82) is 0 Å². The van der Waals surface area contributed by atoms with Gasteiger partial charge in [-0.25, -0.2) is 0 Å². The minimum Gasteiger partial charge on any atom is -0.493 e. The number of rotatable bonds is 9. The van der Waals surface area contributed by atoms with Gasteiger partial charge in [0.05, 0.1) is 12.6 Å². The Bertz CT molecular complexity index is 388. The molecule has 0 spiro atoms. The molecule has 0 fully saturated rings. The summed E-state index contributed by atoms with van der Waals surface area (Å²) in [6.07, 6.45) is -0.249. The molecule has 0 aliphatic carbocycles. The van der Waals surface area contributed by atoms with E-state index in [2.05, 4.69) is 38.2 Å². The fraction of sp³-hybridized carbons (Fsp3) is 0.647. The van der Waals surface area contributed by atoms with Gasteiger partial charge in [-0.05, 0) is 37.5 Å². The zero-order valence-electron chi connectivity index (χ0n) is 14.1. The van der Waals surface area contributed by atoms with Crippen LogP contribution >= 0.6 is 0 Å². The van der Waals surface area contributed by atoms with Gasteiger partial charge >= 0.3 is 0 Å². The maximum atomic E-state index is 5.70. The standard InChI is InChI=1S/C17H29NO3/c1-12(2)11-21-16-9-7-15(8-10-16)13(3)18-14(4)17(19-5)20-6/h7-10,12-14,17-18H,11H2,1-6H3. The van der Waals surface area contributed by atoms with E-state index in [1.807, 2.05) is 19.1 Å². The monoisotopic (exact) mass is 295 g/mol. The molecule has 0 aromatic heterocycles. The van der Waals surface area contributed by atoms with Gasteiger partial charge in [-0.2, -0.15) is 0 Å². The van der Waals surface area contributed by atoms with Crippen LogP contribution in [0.2, 0.25) is 0 Å². The van der Waals surface area contributed by atoms with Gasteiger partial charge in [0.2, 0.25) is 0 Å². The maximum Gasteiger partial charge on any atom is 0.171 e. The van der Waals surface area contributed by atoms with Crippen LogP contribution in [0.4, 0.5) is 0 Å². The molecule has 0 radical (unpaired) electrons. The first kappa shape index (κ1) is 18.0. The summed E-state index contributed by atoms with van der Waals surface area (Å²) in [5.74, 6) is 1.45. The smallest absolute Gasteiger partial charge is 0.171 e. The molecule has 0 aliphatic heterocycles. The highest BCUT2D eigenvalue weighted by Crippen LogP contribution is 2.19. The first-order valence-corrected chi connectivity index (χ1v) is 7.52. The average molecular weight is 295 g/mol. The van der Waals surface area contributed by atoms with Gasteiger partial charge in [-0.3, -0.25) is 0 Å². The predicted octanol–water partition coefficient (Wildman–Crippen LogP) is 3.38. The maximum absolute atomic E-state index is 5.70. The molecular formula is C17H29NO3. The van der Waals surface area contributed by atoms with E-state index in [0.29, 0.717) is 5.92 Å². The second kappa shape index (κ2) is 9.03. The topological polar surface area (TPSA) is 39.7 Å². The lowest BCUT2D eigenvalue weighted by Crippen LogP contribution is -2.40. The first-order valence-electron chi connectivity index (χ1n) is 7.52. The summed E-state index contributed by atoms with van der Waals surface area (Å²) in [5, 5.41) is 3.48. The summed E-state index contributed by atoms with van der Waals surface area (Å²) >= 11 is 0. The molecule has 0 bridgehead atoms. The third kappa shape index (κ3) is 6.04. The largest absolute Gasteiger partial charge is 0.493 e. The second-order valence-corrected chi connectivity index (χ2v) is 5.79. The van der Waals surface area contributed by atoms with Crippen molar-refractivity contribution in [2.24, 2.45) is 5.92 Å². The Morgan fingerprint density at radius 2 is 1.52 bits per heavy atom. The number of hydrogen-bond acceptors (Lipinski definition) is 4. The van der Waals surface area contributed by atoms with Crippen LogP contribution < -0.4 is 10.1 Å². The van der Waals surface area contributed by atoms with Crippen molar-refractivity contribution < 1.29 is 14.2 Å². The van der Waals surface area contributed by atoms with Crippen molar-refractivity contribution in [3.8, 4) is 5.75 Å². The van der Waals surface area contributed by atoms with E-state index >= 15 is 0 Å². The summed E-state index contributed by atoms with van der Waals surface area (Å²) in [7, 11) is 3.30. The molecule has 2 unspecified atom stereocenters. The van der Waals surface area contributed by atoms with Crippen molar-refractivity contribution in [1.82, 2.24) is 5.32 Å². The third-order valence-electron chi connectivity index (χ3n) is 3.35. The van der Waals surface area contributed by atoms with E-state index in [4.69, 9.17) is 14.2 Å². The highest BCUT2D eigenvalue weighted by molar-refractivity contribution is 5.29. The average Bonchev–Trinajstić information content (AvgIpc) is 2.46. The molecule has 0 heterocycles. The molecule has 0 saturated carbocycles. The quantitative estimate of drug-likeness (QED) is 0.709. The van der Waals surface area contributed by atoms with E-state index in [-0.39, 0.29) is 18.4 Å². The molecule has 4 heteroatoms. The van der Waals surface area contributed by atoms with Crippen LogP contribution in [-0.2, 0) is 9.47 Å². The highest BCUT2D eigenvalue weighted by atomic mass is 16.7. The molecule has 2 atom stereocenters. The van der Waals surface area contributed by atoms with Crippen LogP contribution in [0.3, 0.4) is 0 Å². The van der Waals surface area contributed by atoms with E-state index in [1.165, 1.54) is 5.56 Å². The van der Waals surface area contributed by atoms with Crippen LogP contribution in [0.5, 0.6) is 5.75 Å². The summed E-state index contributed by atoms with van der Waals surface area (Å²) in [6, 6.07) is 8.54. The number of benzene rings is 1. The summed E-state index contributed by atoms with van der Waals surface area (Å²) in [6.45, 7) is 9.21. The van der Waals surface area contributed by atoms with Crippen molar-refractivity contribution >= 4 is 0 Å². The molecule has 0 saturated heterocycles. The van der Waals surface area contributed by atoms with E-state index < -0.39 is 0 Å². The lowest BCUT2D eigenvalue weighted by Gasteiger charge is -2.26. The van der Waals surface area contributed by atoms with Crippen molar-refractivity contribution in [3.05, 3.63) is 29.8 Å². The normalized spacial score (nSPS) is 14.5. The van der Waals surface area contributed by atoms with Gasteiger partial charge in [0.15, 0.2) is 6.29 Å². The predicted molar refractivity (Wildman–Crippen MR) is 85.6 cm³/mol. The molecule has 4 nitrogen and oxygen atoms in total.